The minimum absolute atomic E-state index is 0.134. The van der Waals surface area contributed by atoms with Crippen LogP contribution in [0.25, 0.3) is 22.0 Å². The monoisotopic (exact) mass is 436 g/mol. The maximum Gasteiger partial charge on any atom is 0.411 e. The minimum atomic E-state index is -0.616. The molecular formula is C22H20N4O6. The Bertz CT molecular complexity index is 1370. The number of carbonyl (C=O) groups is 2. The van der Waals surface area contributed by atoms with Crippen LogP contribution < -0.4 is 10.9 Å². The standard InChI is InChI=1S/C22H20N4O6/c1-3-26-18-8-5-13(9-17(18)24-25-26)21(28)31-12-14-10-20(27)32-19-11-15(6-7-16(14)19)23-22(29)30-4-2/h5-11H,3-4,12H2,1-2H3,(H,23,29). The molecule has 1 N–H and O–H groups in total. The molecule has 0 aliphatic heterocycles. The van der Waals surface area contributed by atoms with Crippen molar-refractivity contribution < 1.29 is 23.5 Å². The second-order valence-corrected chi connectivity index (χ2v) is 6.83. The van der Waals surface area contributed by atoms with Crippen molar-refractivity contribution in [2.75, 3.05) is 11.9 Å². The second-order valence-electron chi connectivity index (χ2n) is 6.83. The van der Waals surface area contributed by atoms with Gasteiger partial charge in [0.25, 0.3) is 0 Å². The molecule has 0 radical (unpaired) electrons. The molecular weight excluding hydrogens is 416 g/mol. The first kappa shape index (κ1) is 21.0. The summed E-state index contributed by atoms with van der Waals surface area (Å²) in [6, 6.07) is 11.1. The molecule has 4 rings (SSSR count). The number of nitrogens with zero attached hydrogens (tertiary/aromatic N) is 3. The number of benzene rings is 2. The van der Waals surface area contributed by atoms with E-state index in [1.54, 1.807) is 41.9 Å². The van der Waals surface area contributed by atoms with Crippen molar-refractivity contribution in [2.24, 2.45) is 0 Å². The predicted molar refractivity (Wildman–Crippen MR) is 115 cm³/mol. The molecule has 0 atom stereocenters. The molecule has 0 saturated carbocycles. The normalized spacial score (nSPS) is 10.9. The average molecular weight is 436 g/mol. The van der Waals surface area contributed by atoms with Crippen molar-refractivity contribution in [3.63, 3.8) is 0 Å². The van der Waals surface area contributed by atoms with Crippen molar-refractivity contribution in [2.45, 2.75) is 27.0 Å². The van der Waals surface area contributed by atoms with Gasteiger partial charge >= 0.3 is 17.7 Å². The third-order valence-corrected chi connectivity index (χ3v) is 4.76. The molecule has 164 valence electrons. The Labute approximate surface area is 181 Å². The number of carbonyl (C=O) groups excluding carboxylic acids is 2. The molecule has 4 aromatic rings. The lowest BCUT2D eigenvalue weighted by atomic mass is 10.1. The van der Waals surface area contributed by atoms with Gasteiger partial charge in [0, 0.05) is 35.3 Å². The molecule has 0 fully saturated rings. The average Bonchev–Trinajstić information content (AvgIpc) is 3.19. The predicted octanol–water partition coefficient (Wildman–Crippen LogP) is 3.48. The number of fused-ring (bicyclic) bond motifs is 2. The van der Waals surface area contributed by atoms with E-state index in [2.05, 4.69) is 15.6 Å². The van der Waals surface area contributed by atoms with Gasteiger partial charge in [0.05, 0.1) is 17.7 Å². The molecule has 0 spiro atoms. The van der Waals surface area contributed by atoms with Crippen LogP contribution in [0, 0.1) is 0 Å². The highest BCUT2D eigenvalue weighted by atomic mass is 16.5. The fourth-order valence-electron chi connectivity index (χ4n) is 3.27. The molecule has 0 saturated heterocycles. The van der Waals surface area contributed by atoms with Gasteiger partial charge in [-0.2, -0.15) is 0 Å². The number of aryl methyl sites for hydroxylation is 1. The maximum atomic E-state index is 12.6. The first-order valence-corrected chi connectivity index (χ1v) is 9.99. The maximum absolute atomic E-state index is 12.6. The number of aromatic nitrogens is 3. The molecule has 0 unspecified atom stereocenters. The van der Waals surface area contributed by atoms with Crippen LogP contribution >= 0.6 is 0 Å². The molecule has 10 nitrogen and oxygen atoms in total. The van der Waals surface area contributed by atoms with E-state index >= 15 is 0 Å². The molecule has 2 aromatic heterocycles. The molecule has 2 heterocycles. The summed E-state index contributed by atoms with van der Waals surface area (Å²) in [6.07, 6.45) is -0.616. The van der Waals surface area contributed by atoms with Crippen LogP contribution in [0.4, 0.5) is 10.5 Å². The van der Waals surface area contributed by atoms with Gasteiger partial charge in [0.15, 0.2) is 0 Å². The van der Waals surface area contributed by atoms with Gasteiger partial charge in [-0.05, 0) is 44.2 Å². The topological polar surface area (TPSA) is 126 Å². The smallest absolute Gasteiger partial charge is 0.411 e. The van der Waals surface area contributed by atoms with Crippen molar-refractivity contribution in [3.8, 4) is 0 Å². The van der Waals surface area contributed by atoms with Crippen molar-refractivity contribution in [1.29, 1.82) is 0 Å². The van der Waals surface area contributed by atoms with Gasteiger partial charge in [-0.1, -0.05) is 5.21 Å². The van der Waals surface area contributed by atoms with Gasteiger partial charge in [-0.15, -0.1) is 5.10 Å². The van der Waals surface area contributed by atoms with Crippen molar-refractivity contribution in [1.82, 2.24) is 15.0 Å². The summed E-state index contributed by atoms with van der Waals surface area (Å²) < 4.78 is 17.2. The number of anilines is 1. The fourth-order valence-corrected chi connectivity index (χ4v) is 3.27. The van der Waals surface area contributed by atoms with E-state index in [9.17, 15) is 14.4 Å². The van der Waals surface area contributed by atoms with Gasteiger partial charge in [-0.3, -0.25) is 5.32 Å². The number of esters is 1. The largest absolute Gasteiger partial charge is 0.457 e. The SMILES string of the molecule is CCOC(=O)Nc1ccc2c(COC(=O)c3ccc4c(c3)nnn4CC)cc(=O)oc2c1. The van der Waals surface area contributed by atoms with Crippen molar-refractivity contribution in [3.05, 3.63) is 64.0 Å². The third kappa shape index (κ3) is 4.29. The van der Waals surface area contributed by atoms with E-state index in [0.717, 1.165) is 5.52 Å². The van der Waals surface area contributed by atoms with Crippen LogP contribution in [0.15, 0.2) is 51.7 Å². The molecule has 2 aromatic carbocycles. The van der Waals surface area contributed by atoms with Crippen LogP contribution in [0.1, 0.15) is 29.8 Å². The molecule has 1 amide bonds. The summed E-state index contributed by atoms with van der Waals surface area (Å²) in [6.45, 7) is 4.41. The number of nitrogens with one attached hydrogen (secondary N) is 1. The fraction of sp³-hybridized carbons (Fsp3) is 0.227. The van der Waals surface area contributed by atoms with E-state index in [1.807, 2.05) is 6.92 Å². The highest BCUT2D eigenvalue weighted by molar-refractivity contribution is 5.94. The molecule has 32 heavy (non-hydrogen) atoms. The summed E-state index contributed by atoms with van der Waals surface area (Å²) in [4.78, 5) is 36.2. The summed E-state index contributed by atoms with van der Waals surface area (Å²) in [5.74, 6) is -0.556. The number of hydrogen-bond acceptors (Lipinski definition) is 8. The van der Waals surface area contributed by atoms with E-state index in [4.69, 9.17) is 13.9 Å². The summed E-state index contributed by atoms with van der Waals surface area (Å²) >= 11 is 0. The van der Waals surface area contributed by atoms with E-state index < -0.39 is 17.7 Å². The lowest BCUT2D eigenvalue weighted by molar-refractivity contribution is 0.0474. The van der Waals surface area contributed by atoms with Gasteiger partial charge in [0.1, 0.15) is 17.7 Å². The van der Waals surface area contributed by atoms with Crippen LogP contribution in [0.3, 0.4) is 0 Å². The van der Waals surface area contributed by atoms with Crippen LogP contribution in [-0.2, 0) is 22.6 Å². The van der Waals surface area contributed by atoms with Gasteiger partial charge < -0.3 is 13.9 Å². The number of ether oxygens (including phenoxy) is 2. The minimum Gasteiger partial charge on any atom is -0.457 e. The van der Waals surface area contributed by atoms with E-state index in [-0.39, 0.29) is 18.8 Å². The Kier molecular flexibility index (Phi) is 5.84. The number of hydrogen-bond donors (Lipinski definition) is 1. The summed E-state index contributed by atoms with van der Waals surface area (Å²) in [5, 5.41) is 11.2. The number of rotatable bonds is 6. The Balaban J connectivity index is 1.54. The summed E-state index contributed by atoms with van der Waals surface area (Å²) in [5.41, 5.74) is 2.27. The molecule has 10 heteroatoms. The summed E-state index contributed by atoms with van der Waals surface area (Å²) in [7, 11) is 0. The van der Waals surface area contributed by atoms with Crippen LogP contribution in [-0.4, -0.2) is 33.7 Å². The van der Waals surface area contributed by atoms with E-state index in [0.29, 0.717) is 34.3 Å². The molecule has 0 aliphatic carbocycles. The quantitative estimate of drug-likeness (QED) is 0.360. The highest BCUT2D eigenvalue weighted by Crippen LogP contribution is 2.23. The van der Waals surface area contributed by atoms with Crippen LogP contribution in [0.5, 0.6) is 0 Å². The highest BCUT2D eigenvalue weighted by Gasteiger charge is 2.14. The zero-order valence-electron chi connectivity index (χ0n) is 17.5. The van der Waals surface area contributed by atoms with Crippen LogP contribution in [0.2, 0.25) is 0 Å². The lowest BCUT2D eigenvalue weighted by Gasteiger charge is -2.09. The Hall–Kier alpha value is -4.21. The Morgan fingerprint density at radius 1 is 1.09 bits per heavy atom. The first-order chi connectivity index (χ1) is 15.5. The molecule has 0 aliphatic rings. The van der Waals surface area contributed by atoms with E-state index in [1.165, 1.54) is 12.1 Å². The zero-order chi connectivity index (χ0) is 22.7. The zero-order valence-corrected chi connectivity index (χ0v) is 17.5. The number of amides is 1. The van der Waals surface area contributed by atoms with Gasteiger partial charge in [0.2, 0.25) is 0 Å². The Morgan fingerprint density at radius 2 is 1.94 bits per heavy atom. The first-order valence-electron chi connectivity index (χ1n) is 9.99. The third-order valence-electron chi connectivity index (χ3n) is 4.76. The molecule has 0 bridgehead atoms. The second kappa shape index (κ2) is 8.88. The lowest BCUT2D eigenvalue weighted by Crippen LogP contribution is -2.13. The van der Waals surface area contributed by atoms with Gasteiger partial charge in [-0.25, -0.2) is 19.1 Å². The van der Waals surface area contributed by atoms with Crippen molar-refractivity contribution >= 4 is 39.8 Å². The Morgan fingerprint density at radius 3 is 2.72 bits per heavy atom.